The number of benzene rings is 2. The maximum Gasteiger partial charge on any atom is 0.262 e. The van der Waals surface area contributed by atoms with Crippen LogP contribution in [0.2, 0.25) is 0 Å². The Morgan fingerprint density at radius 1 is 1.17 bits per heavy atom. The first-order valence-electron chi connectivity index (χ1n) is 11.5. The number of ether oxygens (including phenoxy) is 1. The maximum absolute atomic E-state index is 13.3. The molecule has 182 valence electrons. The number of methoxy groups -OCH3 is 1. The fraction of sp³-hybridized carbons (Fsp3) is 0.296. The number of fused-ring (bicyclic) bond motifs is 1. The zero-order valence-corrected chi connectivity index (χ0v) is 21.3. The van der Waals surface area contributed by atoms with E-state index in [9.17, 15) is 9.59 Å². The van der Waals surface area contributed by atoms with Crippen LogP contribution in [0.25, 0.3) is 21.3 Å². The van der Waals surface area contributed by atoms with E-state index in [0.29, 0.717) is 16.8 Å². The van der Waals surface area contributed by atoms with Crippen LogP contribution >= 0.6 is 11.3 Å². The Morgan fingerprint density at radius 2 is 1.91 bits per heavy atom. The van der Waals surface area contributed by atoms with Crippen LogP contribution < -0.4 is 15.6 Å². The smallest absolute Gasteiger partial charge is 0.262 e. The molecule has 0 aliphatic heterocycles. The highest BCUT2D eigenvalue weighted by atomic mass is 32.1. The van der Waals surface area contributed by atoms with Gasteiger partial charge in [0.1, 0.15) is 10.6 Å². The van der Waals surface area contributed by atoms with Crippen LogP contribution in [-0.4, -0.2) is 48.1 Å². The summed E-state index contributed by atoms with van der Waals surface area (Å²) in [5.41, 5.74) is 3.92. The van der Waals surface area contributed by atoms with Gasteiger partial charge in [0.2, 0.25) is 5.91 Å². The predicted octanol–water partition coefficient (Wildman–Crippen LogP) is 4.25. The van der Waals surface area contributed by atoms with E-state index in [1.165, 1.54) is 22.2 Å². The van der Waals surface area contributed by atoms with E-state index in [4.69, 9.17) is 4.74 Å². The third-order valence-corrected chi connectivity index (χ3v) is 7.00. The first kappa shape index (κ1) is 24.6. The van der Waals surface area contributed by atoms with Gasteiger partial charge >= 0.3 is 0 Å². The molecule has 0 aliphatic rings. The third-order valence-electron chi connectivity index (χ3n) is 6.12. The molecule has 0 aliphatic carbocycles. The molecule has 2 heterocycles. The number of nitrogens with one attached hydrogen (secondary N) is 1. The molecule has 8 heteroatoms. The summed E-state index contributed by atoms with van der Waals surface area (Å²) in [5, 5.41) is 5.58. The number of hydrogen-bond acceptors (Lipinski definition) is 6. The number of likely N-dealkylation sites (N-methyl/N-ethyl adjacent to an activating group) is 1. The summed E-state index contributed by atoms with van der Waals surface area (Å²) in [7, 11) is 5.58. The highest BCUT2D eigenvalue weighted by molar-refractivity contribution is 7.17. The van der Waals surface area contributed by atoms with Crippen LogP contribution in [0.15, 0.2) is 65.0 Å². The van der Waals surface area contributed by atoms with Crippen molar-refractivity contribution in [3.8, 4) is 16.9 Å². The van der Waals surface area contributed by atoms with Crippen molar-refractivity contribution in [2.24, 2.45) is 0 Å². The first-order valence-corrected chi connectivity index (χ1v) is 12.4. The quantitative estimate of drug-likeness (QED) is 0.380. The van der Waals surface area contributed by atoms with Crippen molar-refractivity contribution in [2.75, 3.05) is 27.7 Å². The van der Waals surface area contributed by atoms with Crippen molar-refractivity contribution in [3.63, 3.8) is 0 Å². The standard InChI is InChI=1S/C27H30N4O3S/c1-18-9-11-19(12-10-18)21-16-35-26-25(21)27(33)31(17-29-26)14-13-24(32)28-15-22(30(2)3)20-7-5-6-8-23(20)34-4/h5-12,16-17,22H,13-15H2,1-4H3,(H,28,32)/t22-/m1/s1. The summed E-state index contributed by atoms with van der Waals surface area (Å²) in [5.74, 6) is 0.661. The Hall–Kier alpha value is -3.49. The molecule has 2 aromatic heterocycles. The third kappa shape index (κ3) is 5.44. The molecule has 7 nitrogen and oxygen atoms in total. The molecule has 0 saturated heterocycles. The molecule has 1 N–H and O–H groups in total. The molecule has 0 bridgehead atoms. The van der Waals surface area contributed by atoms with Crippen LogP contribution in [0.1, 0.15) is 23.6 Å². The van der Waals surface area contributed by atoms with E-state index in [0.717, 1.165) is 28.0 Å². The van der Waals surface area contributed by atoms with Gasteiger partial charge in [-0.25, -0.2) is 4.98 Å². The van der Waals surface area contributed by atoms with Crippen molar-refractivity contribution >= 4 is 27.5 Å². The van der Waals surface area contributed by atoms with Crippen molar-refractivity contribution in [1.82, 2.24) is 19.8 Å². The first-order chi connectivity index (χ1) is 16.9. The van der Waals surface area contributed by atoms with Gasteiger partial charge in [-0.15, -0.1) is 11.3 Å². The average molecular weight is 491 g/mol. The molecule has 35 heavy (non-hydrogen) atoms. The number of aromatic nitrogens is 2. The minimum atomic E-state index is -0.125. The predicted molar refractivity (Wildman–Crippen MR) is 141 cm³/mol. The van der Waals surface area contributed by atoms with Crippen molar-refractivity contribution in [1.29, 1.82) is 0 Å². The minimum Gasteiger partial charge on any atom is -0.496 e. The van der Waals surface area contributed by atoms with E-state index in [-0.39, 0.29) is 30.5 Å². The number of hydrogen-bond donors (Lipinski definition) is 1. The summed E-state index contributed by atoms with van der Waals surface area (Å²) in [6.07, 6.45) is 1.72. The zero-order chi connectivity index (χ0) is 24.9. The highest BCUT2D eigenvalue weighted by Gasteiger charge is 2.19. The highest BCUT2D eigenvalue weighted by Crippen LogP contribution is 2.31. The second kappa shape index (κ2) is 10.8. The molecule has 0 radical (unpaired) electrons. The molecule has 4 aromatic rings. The van der Waals surface area contributed by atoms with Crippen LogP contribution in [-0.2, 0) is 11.3 Å². The van der Waals surface area contributed by atoms with Crippen molar-refractivity contribution in [2.45, 2.75) is 25.9 Å². The van der Waals surface area contributed by atoms with Gasteiger partial charge in [0.15, 0.2) is 0 Å². The van der Waals surface area contributed by atoms with Crippen LogP contribution in [0.3, 0.4) is 0 Å². The van der Waals surface area contributed by atoms with Gasteiger partial charge in [-0.2, -0.15) is 0 Å². The molecule has 0 spiro atoms. The Labute approximate surface area is 209 Å². The van der Waals surface area contributed by atoms with Gasteiger partial charge < -0.3 is 15.0 Å². The average Bonchev–Trinajstić information content (AvgIpc) is 3.29. The van der Waals surface area contributed by atoms with Crippen molar-refractivity contribution < 1.29 is 9.53 Å². The molecule has 1 atom stereocenters. The second-order valence-electron chi connectivity index (χ2n) is 8.71. The minimum absolute atomic E-state index is 0.0429. The Kier molecular flexibility index (Phi) is 7.63. The van der Waals surface area contributed by atoms with E-state index in [1.54, 1.807) is 7.11 Å². The second-order valence-corrected chi connectivity index (χ2v) is 9.57. The summed E-state index contributed by atoms with van der Waals surface area (Å²) < 4.78 is 7.02. The van der Waals surface area contributed by atoms with Gasteiger partial charge in [0, 0.05) is 36.0 Å². The topological polar surface area (TPSA) is 76.5 Å². The number of thiophene rings is 1. The lowest BCUT2D eigenvalue weighted by Gasteiger charge is -2.26. The molecular weight excluding hydrogens is 460 g/mol. The summed E-state index contributed by atoms with van der Waals surface area (Å²) >= 11 is 1.46. The van der Waals surface area contributed by atoms with Gasteiger partial charge in [-0.05, 0) is 32.6 Å². The van der Waals surface area contributed by atoms with Crippen LogP contribution in [0, 0.1) is 6.92 Å². The summed E-state index contributed by atoms with van der Waals surface area (Å²) in [6, 6.07) is 15.9. The van der Waals surface area contributed by atoms with Gasteiger partial charge in [-0.3, -0.25) is 14.2 Å². The number of para-hydroxylation sites is 1. The normalized spacial score (nSPS) is 12.1. The van der Waals surface area contributed by atoms with E-state index >= 15 is 0 Å². The summed E-state index contributed by atoms with van der Waals surface area (Å²) in [4.78, 5) is 33.2. The molecule has 0 saturated carbocycles. The fourth-order valence-electron chi connectivity index (χ4n) is 4.11. The van der Waals surface area contributed by atoms with E-state index < -0.39 is 0 Å². The molecule has 0 unspecified atom stereocenters. The lowest BCUT2D eigenvalue weighted by atomic mass is 10.0. The molecule has 4 rings (SSSR count). The summed E-state index contributed by atoms with van der Waals surface area (Å²) in [6.45, 7) is 2.73. The number of carbonyl (C=O) groups is 1. The van der Waals surface area contributed by atoms with Crippen molar-refractivity contribution in [3.05, 3.63) is 81.7 Å². The van der Waals surface area contributed by atoms with Crippen LogP contribution in [0.4, 0.5) is 0 Å². The lowest BCUT2D eigenvalue weighted by Crippen LogP contribution is -2.35. The monoisotopic (exact) mass is 490 g/mol. The number of carbonyl (C=O) groups excluding carboxylic acids is 1. The number of amides is 1. The van der Waals surface area contributed by atoms with E-state index in [2.05, 4.69) is 10.3 Å². The lowest BCUT2D eigenvalue weighted by molar-refractivity contribution is -0.121. The molecule has 1 amide bonds. The Balaban J connectivity index is 1.46. The van der Waals surface area contributed by atoms with Gasteiger partial charge in [0.05, 0.1) is 24.9 Å². The van der Waals surface area contributed by atoms with Gasteiger partial charge in [-0.1, -0.05) is 48.0 Å². The largest absolute Gasteiger partial charge is 0.496 e. The van der Waals surface area contributed by atoms with E-state index in [1.807, 2.05) is 79.8 Å². The molecular formula is C27H30N4O3S. The van der Waals surface area contributed by atoms with Crippen LogP contribution in [0.5, 0.6) is 5.75 Å². The maximum atomic E-state index is 13.3. The zero-order valence-electron chi connectivity index (χ0n) is 20.4. The van der Waals surface area contributed by atoms with Gasteiger partial charge in [0.25, 0.3) is 5.56 Å². The molecule has 2 aromatic carbocycles. The fourth-order valence-corrected chi connectivity index (χ4v) is 5.01. The SMILES string of the molecule is COc1ccccc1[C@@H](CNC(=O)CCn1cnc2scc(-c3ccc(C)cc3)c2c1=O)N(C)C. The number of aryl methyl sites for hydroxylation is 2. The Bertz CT molecular complexity index is 1380. The Morgan fingerprint density at radius 3 is 2.63 bits per heavy atom. The molecule has 0 fully saturated rings. The number of nitrogens with zero attached hydrogens (tertiary/aromatic N) is 3. The number of rotatable bonds is 9.